The van der Waals surface area contributed by atoms with Gasteiger partial charge in [0.2, 0.25) is 0 Å². The van der Waals surface area contributed by atoms with Crippen molar-refractivity contribution < 1.29 is 0 Å². The molecule has 0 aliphatic carbocycles. The van der Waals surface area contributed by atoms with Gasteiger partial charge in [0.1, 0.15) is 5.82 Å². The first-order chi connectivity index (χ1) is 7.22. The van der Waals surface area contributed by atoms with Gasteiger partial charge in [0.15, 0.2) is 0 Å². The van der Waals surface area contributed by atoms with Crippen LogP contribution in [-0.4, -0.2) is 26.1 Å². The number of rotatable bonds is 2. The topological polar surface area (TPSA) is 28.2 Å². The molecule has 2 rings (SSSR count). The summed E-state index contributed by atoms with van der Waals surface area (Å²) in [6.07, 6.45) is 0. The lowest BCUT2D eigenvalue weighted by molar-refractivity contribution is 1.08. The number of pyridine rings is 1. The minimum atomic E-state index is 0.970. The number of hydrogen-bond donors (Lipinski definition) is 1. The molecule has 0 radical (unpaired) electrons. The number of para-hydroxylation sites is 1. The molecule has 15 heavy (non-hydrogen) atoms. The van der Waals surface area contributed by atoms with Gasteiger partial charge in [0, 0.05) is 38.3 Å². The molecule has 0 saturated carbocycles. The van der Waals surface area contributed by atoms with Gasteiger partial charge < -0.3 is 10.2 Å². The lowest BCUT2D eigenvalue weighted by Crippen LogP contribution is -2.11. The maximum absolute atomic E-state index is 4.57. The van der Waals surface area contributed by atoms with Crippen molar-refractivity contribution in [3.05, 3.63) is 30.3 Å². The zero-order valence-corrected chi connectivity index (χ0v) is 9.28. The Kier molecular flexibility index (Phi) is 2.46. The first-order valence-corrected chi connectivity index (χ1v) is 4.97. The monoisotopic (exact) mass is 201 g/mol. The van der Waals surface area contributed by atoms with Crippen molar-refractivity contribution in [2.45, 2.75) is 0 Å². The first-order valence-electron chi connectivity index (χ1n) is 4.97. The molecule has 1 aromatic carbocycles. The van der Waals surface area contributed by atoms with Crippen LogP contribution in [0.5, 0.6) is 0 Å². The van der Waals surface area contributed by atoms with E-state index in [-0.39, 0.29) is 0 Å². The Labute approximate surface area is 89.7 Å². The highest BCUT2D eigenvalue weighted by atomic mass is 15.1. The van der Waals surface area contributed by atoms with Crippen LogP contribution in [0.15, 0.2) is 30.3 Å². The molecule has 0 unspecified atom stereocenters. The van der Waals surface area contributed by atoms with Crippen LogP contribution in [-0.2, 0) is 0 Å². The number of anilines is 2. The molecule has 3 heteroatoms. The largest absolute Gasteiger partial charge is 0.387 e. The summed E-state index contributed by atoms with van der Waals surface area (Å²) in [4.78, 5) is 6.58. The van der Waals surface area contributed by atoms with Gasteiger partial charge in [-0.05, 0) is 6.07 Å². The van der Waals surface area contributed by atoms with E-state index in [2.05, 4.69) is 22.4 Å². The maximum atomic E-state index is 4.57. The van der Waals surface area contributed by atoms with E-state index < -0.39 is 0 Å². The highest BCUT2D eigenvalue weighted by molar-refractivity contribution is 5.92. The number of nitrogens with zero attached hydrogens (tertiary/aromatic N) is 2. The van der Waals surface area contributed by atoms with Crippen LogP contribution in [0.25, 0.3) is 10.9 Å². The molecule has 0 amide bonds. The normalized spacial score (nSPS) is 10.3. The van der Waals surface area contributed by atoms with Crippen molar-refractivity contribution in [3.63, 3.8) is 0 Å². The van der Waals surface area contributed by atoms with Gasteiger partial charge in [0.25, 0.3) is 0 Å². The van der Waals surface area contributed by atoms with Gasteiger partial charge in [0.05, 0.1) is 5.52 Å². The molecule has 2 aromatic rings. The number of aromatic nitrogens is 1. The summed E-state index contributed by atoms with van der Waals surface area (Å²) in [5, 5.41) is 4.36. The summed E-state index contributed by atoms with van der Waals surface area (Å²) in [6, 6.07) is 10.2. The quantitative estimate of drug-likeness (QED) is 0.808. The smallest absolute Gasteiger partial charge is 0.130 e. The first kappa shape index (κ1) is 9.77. The second-order valence-electron chi connectivity index (χ2n) is 3.69. The van der Waals surface area contributed by atoms with Gasteiger partial charge in [-0.1, -0.05) is 18.2 Å². The highest BCUT2D eigenvalue weighted by Gasteiger charge is 2.04. The van der Waals surface area contributed by atoms with Crippen molar-refractivity contribution in [3.8, 4) is 0 Å². The molecule has 1 aromatic heterocycles. The maximum Gasteiger partial charge on any atom is 0.130 e. The van der Waals surface area contributed by atoms with E-state index in [1.165, 1.54) is 0 Å². The van der Waals surface area contributed by atoms with Gasteiger partial charge >= 0.3 is 0 Å². The van der Waals surface area contributed by atoms with Crippen LogP contribution in [0.2, 0.25) is 0 Å². The highest BCUT2D eigenvalue weighted by Crippen LogP contribution is 2.25. The molecular formula is C12H15N3. The summed E-state index contributed by atoms with van der Waals surface area (Å²) in [7, 11) is 5.92. The fourth-order valence-electron chi connectivity index (χ4n) is 1.60. The number of benzene rings is 1. The second-order valence-corrected chi connectivity index (χ2v) is 3.69. The Balaban J connectivity index is 2.71. The number of fused-ring (bicyclic) bond motifs is 1. The zero-order chi connectivity index (χ0) is 10.8. The summed E-state index contributed by atoms with van der Waals surface area (Å²) < 4.78 is 0. The van der Waals surface area contributed by atoms with E-state index in [0.717, 1.165) is 22.4 Å². The Morgan fingerprint density at radius 2 is 1.93 bits per heavy atom. The fraction of sp³-hybridized carbons (Fsp3) is 0.250. The van der Waals surface area contributed by atoms with Gasteiger partial charge in [-0.25, -0.2) is 4.98 Å². The van der Waals surface area contributed by atoms with Crippen molar-refractivity contribution in [2.75, 3.05) is 31.4 Å². The van der Waals surface area contributed by atoms with E-state index in [1.807, 2.05) is 44.2 Å². The van der Waals surface area contributed by atoms with E-state index in [0.29, 0.717) is 0 Å². The minimum Gasteiger partial charge on any atom is -0.387 e. The van der Waals surface area contributed by atoms with Gasteiger partial charge in [-0.2, -0.15) is 0 Å². The van der Waals surface area contributed by atoms with E-state index in [4.69, 9.17) is 0 Å². The Morgan fingerprint density at radius 1 is 1.20 bits per heavy atom. The van der Waals surface area contributed by atoms with Crippen LogP contribution in [0, 0.1) is 0 Å². The fourth-order valence-corrected chi connectivity index (χ4v) is 1.60. The third-order valence-corrected chi connectivity index (χ3v) is 2.43. The molecule has 0 aliphatic rings. The van der Waals surface area contributed by atoms with Crippen molar-refractivity contribution >= 4 is 22.4 Å². The second kappa shape index (κ2) is 3.77. The Morgan fingerprint density at radius 3 is 2.60 bits per heavy atom. The van der Waals surface area contributed by atoms with Crippen molar-refractivity contribution in [1.29, 1.82) is 0 Å². The minimum absolute atomic E-state index is 0.970. The lowest BCUT2D eigenvalue weighted by Gasteiger charge is -2.14. The molecule has 0 atom stereocenters. The predicted octanol–water partition coefficient (Wildman–Crippen LogP) is 2.34. The molecule has 0 fully saturated rings. The van der Waals surface area contributed by atoms with Crippen molar-refractivity contribution in [1.82, 2.24) is 4.98 Å². The van der Waals surface area contributed by atoms with Crippen LogP contribution < -0.4 is 10.2 Å². The Hall–Kier alpha value is -1.77. The van der Waals surface area contributed by atoms with Crippen LogP contribution in [0.3, 0.4) is 0 Å². The molecular weight excluding hydrogens is 186 g/mol. The SMILES string of the molecule is CNc1cc(N(C)C)nc2ccccc12. The average molecular weight is 201 g/mol. The van der Waals surface area contributed by atoms with Crippen LogP contribution >= 0.6 is 0 Å². The average Bonchev–Trinajstić information content (AvgIpc) is 2.27. The molecule has 0 spiro atoms. The summed E-state index contributed by atoms with van der Waals surface area (Å²) in [5.41, 5.74) is 2.14. The van der Waals surface area contributed by atoms with E-state index in [9.17, 15) is 0 Å². The number of nitrogens with one attached hydrogen (secondary N) is 1. The molecule has 3 nitrogen and oxygen atoms in total. The Bertz CT molecular complexity index is 477. The molecule has 1 heterocycles. The third kappa shape index (κ3) is 1.73. The molecule has 0 saturated heterocycles. The molecule has 0 bridgehead atoms. The summed E-state index contributed by atoms with van der Waals surface area (Å²) in [5.74, 6) is 0.970. The summed E-state index contributed by atoms with van der Waals surface area (Å²) >= 11 is 0. The van der Waals surface area contributed by atoms with Gasteiger partial charge in [-0.15, -0.1) is 0 Å². The van der Waals surface area contributed by atoms with E-state index in [1.54, 1.807) is 0 Å². The van der Waals surface area contributed by atoms with Crippen molar-refractivity contribution in [2.24, 2.45) is 0 Å². The summed E-state index contributed by atoms with van der Waals surface area (Å²) in [6.45, 7) is 0. The standard InChI is InChI=1S/C12H15N3/c1-13-11-8-12(15(2)3)14-10-7-5-4-6-9(10)11/h4-8H,1-3H3,(H,13,14). The van der Waals surface area contributed by atoms with E-state index >= 15 is 0 Å². The number of hydrogen-bond acceptors (Lipinski definition) is 3. The lowest BCUT2D eigenvalue weighted by atomic mass is 10.2. The van der Waals surface area contributed by atoms with Crippen LogP contribution in [0.1, 0.15) is 0 Å². The predicted molar refractivity (Wildman–Crippen MR) is 65.6 cm³/mol. The van der Waals surface area contributed by atoms with Crippen LogP contribution in [0.4, 0.5) is 11.5 Å². The zero-order valence-electron chi connectivity index (χ0n) is 9.28. The molecule has 1 N–H and O–H groups in total. The molecule has 78 valence electrons. The third-order valence-electron chi connectivity index (χ3n) is 2.43. The molecule has 0 aliphatic heterocycles. The van der Waals surface area contributed by atoms with Gasteiger partial charge in [-0.3, -0.25) is 0 Å².